The third-order valence-corrected chi connectivity index (χ3v) is 4.33. The van der Waals surface area contributed by atoms with E-state index in [1.54, 1.807) is 18.4 Å². The number of rotatable bonds is 8. The molecule has 3 heterocycles. The van der Waals surface area contributed by atoms with E-state index in [9.17, 15) is 4.79 Å². The standard InChI is InChI=1S/C21H20N4O4/c1-14-4-6-15(7-5-14)21-23-16(13-28-21)10-11-22-18(26)8-9-19-24-20(25-29-19)17-3-2-12-27-17/h2-7,12-13H,8-11H2,1H3,(H,22,26). The van der Waals surface area contributed by atoms with Crippen LogP contribution in [-0.4, -0.2) is 27.6 Å². The molecule has 0 aliphatic rings. The second kappa shape index (κ2) is 8.55. The van der Waals surface area contributed by atoms with Crippen molar-refractivity contribution < 1.29 is 18.2 Å². The number of benzene rings is 1. The average molecular weight is 392 g/mol. The third kappa shape index (κ3) is 4.78. The lowest BCUT2D eigenvalue weighted by atomic mass is 10.1. The van der Waals surface area contributed by atoms with Crippen LogP contribution in [0.15, 0.2) is 62.3 Å². The molecular formula is C21H20N4O4. The van der Waals surface area contributed by atoms with Crippen LogP contribution in [0, 0.1) is 6.92 Å². The van der Waals surface area contributed by atoms with Gasteiger partial charge in [-0.3, -0.25) is 4.79 Å². The van der Waals surface area contributed by atoms with Gasteiger partial charge in [0.15, 0.2) is 5.76 Å². The first-order chi connectivity index (χ1) is 14.2. The van der Waals surface area contributed by atoms with Crippen molar-refractivity contribution in [1.29, 1.82) is 0 Å². The van der Waals surface area contributed by atoms with E-state index in [0.717, 1.165) is 11.3 Å². The van der Waals surface area contributed by atoms with Crippen LogP contribution in [0.25, 0.3) is 23.0 Å². The number of furan rings is 1. The summed E-state index contributed by atoms with van der Waals surface area (Å²) < 4.78 is 15.9. The average Bonchev–Trinajstić information content (AvgIpc) is 3.48. The van der Waals surface area contributed by atoms with Gasteiger partial charge in [-0.1, -0.05) is 22.9 Å². The van der Waals surface area contributed by atoms with Crippen LogP contribution < -0.4 is 5.32 Å². The molecule has 0 atom stereocenters. The van der Waals surface area contributed by atoms with E-state index in [0.29, 0.717) is 42.8 Å². The molecular weight excluding hydrogens is 372 g/mol. The first-order valence-electron chi connectivity index (χ1n) is 9.32. The van der Waals surface area contributed by atoms with Gasteiger partial charge in [0.25, 0.3) is 0 Å². The molecule has 0 saturated carbocycles. The van der Waals surface area contributed by atoms with Crippen LogP contribution in [0.1, 0.15) is 23.6 Å². The minimum atomic E-state index is -0.0926. The Morgan fingerprint density at radius 2 is 1.93 bits per heavy atom. The van der Waals surface area contributed by atoms with Crippen LogP contribution in [0.4, 0.5) is 0 Å². The zero-order chi connectivity index (χ0) is 20.1. The number of aryl methyl sites for hydroxylation is 2. The summed E-state index contributed by atoms with van der Waals surface area (Å²) >= 11 is 0. The highest BCUT2D eigenvalue weighted by Crippen LogP contribution is 2.19. The number of hydrogen-bond acceptors (Lipinski definition) is 7. The molecule has 0 aliphatic heterocycles. The number of carbonyl (C=O) groups excluding carboxylic acids is 1. The maximum atomic E-state index is 12.0. The smallest absolute Gasteiger partial charge is 0.238 e. The van der Waals surface area contributed by atoms with Crippen LogP contribution in [0.5, 0.6) is 0 Å². The summed E-state index contributed by atoms with van der Waals surface area (Å²) in [7, 11) is 0. The van der Waals surface area contributed by atoms with Gasteiger partial charge in [-0.25, -0.2) is 4.98 Å². The zero-order valence-electron chi connectivity index (χ0n) is 15.9. The number of oxazole rings is 1. The number of nitrogens with zero attached hydrogens (tertiary/aromatic N) is 3. The normalized spacial score (nSPS) is 10.9. The lowest BCUT2D eigenvalue weighted by Gasteiger charge is -2.02. The zero-order valence-corrected chi connectivity index (χ0v) is 15.9. The minimum Gasteiger partial charge on any atom is -0.461 e. The maximum Gasteiger partial charge on any atom is 0.238 e. The molecule has 0 radical (unpaired) electrons. The Morgan fingerprint density at radius 3 is 2.72 bits per heavy atom. The lowest BCUT2D eigenvalue weighted by Crippen LogP contribution is -2.26. The summed E-state index contributed by atoms with van der Waals surface area (Å²) in [4.78, 5) is 20.7. The molecule has 8 nitrogen and oxygen atoms in total. The van der Waals surface area contributed by atoms with Gasteiger partial charge < -0.3 is 18.7 Å². The van der Waals surface area contributed by atoms with E-state index in [2.05, 4.69) is 20.4 Å². The van der Waals surface area contributed by atoms with Gasteiger partial charge in [-0.05, 0) is 31.2 Å². The Kier molecular flexibility index (Phi) is 5.51. The first-order valence-corrected chi connectivity index (χ1v) is 9.32. The quantitative estimate of drug-likeness (QED) is 0.488. The van der Waals surface area contributed by atoms with Gasteiger partial charge in [-0.2, -0.15) is 4.98 Å². The molecule has 0 saturated heterocycles. The molecule has 1 amide bonds. The van der Waals surface area contributed by atoms with Crippen molar-refractivity contribution in [3.63, 3.8) is 0 Å². The molecule has 3 aromatic heterocycles. The maximum absolute atomic E-state index is 12.0. The summed E-state index contributed by atoms with van der Waals surface area (Å²) in [5.74, 6) is 1.79. The Labute approximate surface area is 166 Å². The topological polar surface area (TPSA) is 107 Å². The highest BCUT2D eigenvalue weighted by atomic mass is 16.5. The van der Waals surface area contributed by atoms with Crippen molar-refractivity contribution in [1.82, 2.24) is 20.4 Å². The van der Waals surface area contributed by atoms with Crippen molar-refractivity contribution in [3.05, 3.63) is 66.1 Å². The van der Waals surface area contributed by atoms with Gasteiger partial charge in [0, 0.05) is 31.4 Å². The number of amides is 1. The summed E-state index contributed by atoms with van der Waals surface area (Å²) in [6.45, 7) is 2.50. The third-order valence-electron chi connectivity index (χ3n) is 4.33. The van der Waals surface area contributed by atoms with Crippen molar-refractivity contribution in [3.8, 4) is 23.0 Å². The van der Waals surface area contributed by atoms with Crippen LogP contribution in [-0.2, 0) is 17.6 Å². The molecule has 4 rings (SSSR count). The number of carbonyl (C=O) groups is 1. The van der Waals surface area contributed by atoms with E-state index < -0.39 is 0 Å². The van der Waals surface area contributed by atoms with Gasteiger partial charge in [0.2, 0.25) is 23.5 Å². The minimum absolute atomic E-state index is 0.0926. The molecule has 0 fully saturated rings. The molecule has 1 aromatic carbocycles. The molecule has 148 valence electrons. The first kappa shape index (κ1) is 18.7. The number of nitrogens with one attached hydrogen (secondary N) is 1. The number of hydrogen-bond donors (Lipinski definition) is 1. The van der Waals surface area contributed by atoms with Crippen molar-refractivity contribution in [2.75, 3.05) is 6.54 Å². The number of aromatic nitrogens is 3. The van der Waals surface area contributed by atoms with Crippen molar-refractivity contribution in [2.45, 2.75) is 26.2 Å². The Morgan fingerprint density at radius 1 is 1.07 bits per heavy atom. The Bertz CT molecular complexity index is 1060. The molecule has 0 unspecified atom stereocenters. The fraction of sp³-hybridized carbons (Fsp3) is 0.238. The fourth-order valence-corrected chi connectivity index (χ4v) is 2.75. The summed E-state index contributed by atoms with van der Waals surface area (Å²) in [6, 6.07) is 11.5. The largest absolute Gasteiger partial charge is 0.461 e. The molecule has 0 aliphatic carbocycles. The molecule has 0 bridgehead atoms. The summed E-state index contributed by atoms with van der Waals surface area (Å²) in [5, 5.41) is 6.70. The van der Waals surface area contributed by atoms with Crippen molar-refractivity contribution >= 4 is 5.91 Å². The highest BCUT2D eigenvalue weighted by molar-refractivity contribution is 5.76. The van der Waals surface area contributed by atoms with E-state index >= 15 is 0 Å². The molecule has 29 heavy (non-hydrogen) atoms. The summed E-state index contributed by atoms with van der Waals surface area (Å²) in [6.07, 6.45) is 4.37. The second-order valence-electron chi connectivity index (χ2n) is 6.60. The predicted octanol–water partition coefficient (Wildman–Crippen LogP) is 3.58. The Hall–Kier alpha value is -3.68. The lowest BCUT2D eigenvalue weighted by molar-refractivity contribution is -0.121. The van der Waals surface area contributed by atoms with E-state index in [4.69, 9.17) is 13.4 Å². The van der Waals surface area contributed by atoms with E-state index in [-0.39, 0.29) is 12.3 Å². The van der Waals surface area contributed by atoms with Crippen molar-refractivity contribution in [2.24, 2.45) is 0 Å². The highest BCUT2D eigenvalue weighted by Gasteiger charge is 2.12. The van der Waals surface area contributed by atoms with Gasteiger partial charge in [0.1, 0.15) is 6.26 Å². The SMILES string of the molecule is Cc1ccc(-c2nc(CCNC(=O)CCc3nc(-c4ccco4)no3)co2)cc1. The molecule has 1 N–H and O–H groups in total. The molecule has 0 spiro atoms. The van der Waals surface area contributed by atoms with Crippen LogP contribution in [0.2, 0.25) is 0 Å². The monoisotopic (exact) mass is 392 g/mol. The summed E-state index contributed by atoms with van der Waals surface area (Å²) in [5.41, 5.74) is 2.90. The fourth-order valence-electron chi connectivity index (χ4n) is 2.75. The molecule has 4 aromatic rings. The Balaban J connectivity index is 1.21. The van der Waals surface area contributed by atoms with E-state index in [1.807, 2.05) is 31.2 Å². The predicted molar refractivity (Wildman–Crippen MR) is 104 cm³/mol. The van der Waals surface area contributed by atoms with Crippen LogP contribution in [0.3, 0.4) is 0 Å². The van der Waals surface area contributed by atoms with E-state index in [1.165, 1.54) is 11.8 Å². The van der Waals surface area contributed by atoms with Gasteiger partial charge in [-0.15, -0.1) is 0 Å². The van der Waals surface area contributed by atoms with Gasteiger partial charge >= 0.3 is 0 Å². The molecule has 8 heteroatoms. The van der Waals surface area contributed by atoms with Crippen LogP contribution >= 0.6 is 0 Å². The van der Waals surface area contributed by atoms with Gasteiger partial charge in [0.05, 0.1) is 12.0 Å². The second-order valence-corrected chi connectivity index (χ2v) is 6.60.